The lowest BCUT2D eigenvalue weighted by molar-refractivity contribution is 0.660. The molecule has 3 aromatic heterocycles. The first-order chi connectivity index (χ1) is 30.0. The molecule has 1 aliphatic carbocycles. The Balaban J connectivity index is 1.11. The van der Waals surface area contributed by atoms with E-state index in [-0.39, 0.29) is 5.41 Å². The topological polar surface area (TPSA) is 43.6 Å². The maximum Gasteiger partial charge on any atom is 0.165 e. The molecule has 0 saturated carbocycles. The Hall–Kier alpha value is -7.47. The number of nitrogens with zero attached hydrogens (tertiary/aromatic N) is 4. The molecule has 0 saturated heterocycles. The fourth-order valence-corrected chi connectivity index (χ4v) is 11.3. The van der Waals surface area contributed by atoms with E-state index in [1.807, 2.05) is 18.2 Å². The second kappa shape index (κ2) is 12.8. The first-order valence-corrected chi connectivity index (χ1v) is 21.7. The van der Waals surface area contributed by atoms with Crippen molar-refractivity contribution in [3.8, 4) is 51.0 Å². The van der Waals surface area contributed by atoms with Crippen LogP contribution in [0.5, 0.6) is 0 Å². The summed E-state index contributed by atoms with van der Waals surface area (Å²) < 4.78 is 4.84. The summed E-state index contributed by atoms with van der Waals surface area (Å²) in [6, 6.07) is 65.9. The van der Waals surface area contributed by atoms with Crippen LogP contribution in [0.4, 0.5) is 0 Å². The van der Waals surface area contributed by atoms with Gasteiger partial charge >= 0.3 is 0 Å². The lowest BCUT2D eigenvalue weighted by atomic mass is 9.82. The normalized spacial score (nSPS) is 13.2. The van der Waals surface area contributed by atoms with Gasteiger partial charge in [-0.1, -0.05) is 159 Å². The van der Waals surface area contributed by atoms with Gasteiger partial charge in [0.25, 0.3) is 0 Å². The molecule has 0 radical (unpaired) electrons. The summed E-state index contributed by atoms with van der Waals surface area (Å²) in [5.74, 6) is 1.97. The molecule has 0 N–H and O–H groups in total. The summed E-state index contributed by atoms with van der Waals surface area (Å²) in [6.07, 6.45) is 0. The quantitative estimate of drug-likeness (QED) is 0.178. The van der Waals surface area contributed by atoms with E-state index in [1.165, 1.54) is 70.0 Å². The predicted molar refractivity (Wildman–Crippen MR) is 256 cm³/mol. The van der Waals surface area contributed by atoms with Gasteiger partial charge in [-0.3, -0.25) is 0 Å². The van der Waals surface area contributed by atoms with Crippen molar-refractivity contribution in [2.24, 2.45) is 0 Å². The molecule has 0 atom stereocenters. The van der Waals surface area contributed by atoms with Crippen LogP contribution in [0.3, 0.4) is 0 Å². The highest BCUT2D eigenvalue weighted by molar-refractivity contribution is 7.26. The van der Waals surface area contributed by atoms with E-state index in [9.17, 15) is 0 Å². The molecule has 5 heteroatoms. The zero-order chi connectivity index (χ0) is 40.4. The number of thiophene rings is 1. The SMILES string of the molecule is CC1(C)c2ccccc2-c2ccc(-c3nc(-c4ccccc4)nc(-c4cc(-n5c6ccc7ccccc7c6c6c7ccccc7ccc65)cc5c4sc4ccccc45)n3)cc21. The fourth-order valence-electron chi connectivity index (χ4n) is 10.1. The van der Waals surface area contributed by atoms with Gasteiger partial charge < -0.3 is 4.57 Å². The average Bonchev–Trinajstić information content (AvgIpc) is 3.94. The number of hydrogen-bond acceptors (Lipinski definition) is 4. The molecule has 12 aromatic rings. The largest absolute Gasteiger partial charge is 0.309 e. The lowest BCUT2D eigenvalue weighted by Crippen LogP contribution is -2.15. The number of fused-ring (bicyclic) bond motifs is 13. The first-order valence-electron chi connectivity index (χ1n) is 20.9. The maximum atomic E-state index is 5.45. The Kier molecular flexibility index (Phi) is 7.20. The highest BCUT2D eigenvalue weighted by Crippen LogP contribution is 2.50. The molecule has 9 aromatic carbocycles. The minimum Gasteiger partial charge on any atom is -0.309 e. The first kappa shape index (κ1) is 34.4. The second-order valence-corrected chi connectivity index (χ2v) is 17.8. The van der Waals surface area contributed by atoms with E-state index in [0.29, 0.717) is 17.5 Å². The Morgan fingerprint density at radius 3 is 1.75 bits per heavy atom. The maximum absolute atomic E-state index is 5.45. The minimum atomic E-state index is -0.156. The summed E-state index contributed by atoms with van der Waals surface area (Å²) in [5, 5.41) is 9.88. The number of benzene rings is 9. The molecular formula is C56H36N4S. The van der Waals surface area contributed by atoms with E-state index in [4.69, 9.17) is 15.0 Å². The second-order valence-electron chi connectivity index (χ2n) is 16.8. The molecule has 0 bridgehead atoms. The van der Waals surface area contributed by atoms with Gasteiger partial charge in [-0.05, 0) is 80.2 Å². The van der Waals surface area contributed by atoms with E-state index in [2.05, 4.69) is 182 Å². The van der Waals surface area contributed by atoms with E-state index in [0.717, 1.165) is 38.1 Å². The van der Waals surface area contributed by atoms with Crippen molar-refractivity contribution in [2.75, 3.05) is 0 Å². The molecule has 13 rings (SSSR count). The highest BCUT2D eigenvalue weighted by atomic mass is 32.1. The van der Waals surface area contributed by atoms with Crippen molar-refractivity contribution >= 4 is 74.9 Å². The Morgan fingerprint density at radius 2 is 1.02 bits per heavy atom. The molecular weight excluding hydrogens is 761 g/mol. The van der Waals surface area contributed by atoms with Gasteiger partial charge in [-0.2, -0.15) is 0 Å². The van der Waals surface area contributed by atoms with Crippen molar-refractivity contribution in [3.63, 3.8) is 0 Å². The summed E-state index contributed by atoms with van der Waals surface area (Å²) in [7, 11) is 0. The smallest absolute Gasteiger partial charge is 0.165 e. The molecule has 0 spiro atoms. The zero-order valence-corrected chi connectivity index (χ0v) is 34.3. The van der Waals surface area contributed by atoms with Gasteiger partial charge in [0.05, 0.1) is 11.0 Å². The fraction of sp³-hybridized carbons (Fsp3) is 0.0536. The number of hydrogen-bond donors (Lipinski definition) is 0. The van der Waals surface area contributed by atoms with Gasteiger partial charge in [0.1, 0.15) is 0 Å². The standard InChI is InChI=1S/C56H36N4S/c1-56(2)45-22-12-10-20-40(45)41-27-24-36(30-46(41)56)54-57-53(35-16-4-3-5-17-35)58-55(59-54)44-32-37(31-43-42-21-11-13-23-49(42)61-52(43)44)60-47-28-25-33-14-6-8-18-38(33)50(47)51-39-19-9-7-15-34(39)26-29-48(51)60/h3-32H,1-2H3. The van der Waals surface area contributed by atoms with Crippen molar-refractivity contribution in [1.82, 2.24) is 19.5 Å². The van der Waals surface area contributed by atoms with Gasteiger partial charge in [0.2, 0.25) is 0 Å². The molecule has 0 amide bonds. The van der Waals surface area contributed by atoms with Crippen molar-refractivity contribution in [3.05, 3.63) is 193 Å². The molecule has 0 unspecified atom stereocenters. The van der Waals surface area contributed by atoms with Crippen LogP contribution in [0, 0.1) is 0 Å². The third kappa shape index (κ3) is 5.02. The minimum absolute atomic E-state index is 0.156. The molecule has 3 heterocycles. The van der Waals surface area contributed by atoms with E-state index in [1.54, 1.807) is 11.3 Å². The van der Waals surface area contributed by atoms with E-state index < -0.39 is 0 Å². The molecule has 0 fully saturated rings. The number of rotatable bonds is 4. The third-order valence-corrected chi connectivity index (χ3v) is 14.2. The van der Waals surface area contributed by atoms with Crippen LogP contribution < -0.4 is 0 Å². The van der Waals surface area contributed by atoms with Crippen LogP contribution in [0.15, 0.2) is 182 Å². The summed E-state index contributed by atoms with van der Waals surface area (Å²) in [4.78, 5) is 16.0. The molecule has 4 nitrogen and oxygen atoms in total. The number of aromatic nitrogens is 4. The zero-order valence-electron chi connectivity index (χ0n) is 33.5. The summed E-state index contributed by atoms with van der Waals surface area (Å²) >= 11 is 1.80. The van der Waals surface area contributed by atoms with Gasteiger partial charge in [0.15, 0.2) is 17.5 Å². The van der Waals surface area contributed by atoms with Crippen LogP contribution >= 0.6 is 11.3 Å². The Bertz CT molecular complexity index is 3710. The van der Waals surface area contributed by atoms with Gasteiger partial charge in [0, 0.05) is 58.7 Å². The van der Waals surface area contributed by atoms with Crippen LogP contribution in [0.25, 0.3) is 115 Å². The molecule has 1 aliphatic rings. The summed E-state index contributed by atoms with van der Waals surface area (Å²) in [6.45, 7) is 4.64. The average molecular weight is 797 g/mol. The van der Waals surface area contributed by atoms with Crippen LogP contribution in [0.2, 0.25) is 0 Å². The van der Waals surface area contributed by atoms with Crippen molar-refractivity contribution < 1.29 is 0 Å². The van der Waals surface area contributed by atoms with Gasteiger partial charge in [-0.15, -0.1) is 11.3 Å². The summed E-state index contributed by atoms with van der Waals surface area (Å²) in [5.41, 5.74) is 11.4. The van der Waals surface area contributed by atoms with Crippen LogP contribution in [-0.4, -0.2) is 19.5 Å². The van der Waals surface area contributed by atoms with Gasteiger partial charge in [-0.25, -0.2) is 15.0 Å². The van der Waals surface area contributed by atoms with Crippen LogP contribution in [-0.2, 0) is 5.41 Å². The highest BCUT2D eigenvalue weighted by Gasteiger charge is 2.35. The molecule has 61 heavy (non-hydrogen) atoms. The Morgan fingerprint density at radius 1 is 0.426 bits per heavy atom. The van der Waals surface area contributed by atoms with E-state index >= 15 is 0 Å². The molecule has 286 valence electrons. The van der Waals surface area contributed by atoms with Crippen molar-refractivity contribution in [2.45, 2.75) is 19.3 Å². The third-order valence-electron chi connectivity index (χ3n) is 13.0. The molecule has 0 aliphatic heterocycles. The lowest BCUT2D eigenvalue weighted by Gasteiger charge is -2.21. The monoisotopic (exact) mass is 796 g/mol. The van der Waals surface area contributed by atoms with Crippen LogP contribution in [0.1, 0.15) is 25.0 Å². The predicted octanol–water partition coefficient (Wildman–Crippen LogP) is 15.0. The Labute approximate surface area is 356 Å². The van der Waals surface area contributed by atoms with Crippen molar-refractivity contribution in [1.29, 1.82) is 0 Å².